The number of carbonyl (C=O) groups excluding carboxylic acids is 2. The molecule has 0 bridgehead atoms. The molecule has 3 N–H and O–H groups in total. The molecule has 36 heavy (non-hydrogen) atoms. The Morgan fingerprint density at radius 2 is 1.61 bits per heavy atom. The van der Waals surface area contributed by atoms with Crippen LogP contribution in [0.15, 0.2) is 66.7 Å². The van der Waals surface area contributed by atoms with E-state index in [1.165, 1.54) is 25.3 Å². The fourth-order valence-corrected chi connectivity index (χ4v) is 5.28. The number of halogens is 1. The molecule has 3 atom stereocenters. The SMILES string of the molecule is COc1cccc(C(=O)C2CN(CCN)C[C@H](C(=O)c3cccc(O)c3)[C@H]2c2cccc(F)c2C)c1. The molecule has 0 saturated carbocycles. The summed E-state index contributed by atoms with van der Waals surface area (Å²) in [6, 6.07) is 17.9. The van der Waals surface area contributed by atoms with Gasteiger partial charge in [0.25, 0.3) is 0 Å². The number of hydrogen-bond acceptors (Lipinski definition) is 6. The maximum absolute atomic E-state index is 14.7. The molecule has 4 rings (SSSR count). The second kappa shape index (κ2) is 11.0. The molecule has 1 heterocycles. The standard InChI is InChI=1S/C29H31FN2O4/c1-18-23(10-5-11-26(18)30)27-24(28(34)19-6-3-8-21(33)14-19)16-32(13-12-31)17-25(27)29(35)20-7-4-9-22(15-20)36-2/h3-11,14-15,24-25,27,33H,12-13,16-17,31H2,1-2H3/t24-,25?,27+/m0/s1. The van der Waals surface area contributed by atoms with Gasteiger partial charge in [0.1, 0.15) is 17.3 Å². The van der Waals surface area contributed by atoms with Crippen LogP contribution in [-0.2, 0) is 0 Å². The molecule has 0 spiro atoms. The average molecular weight is 491 g/mol. The van der Waals surface area contributed by atoms with E-state index in [0.29, 0.717) is 54.2 Å². The third-order valence-corrected chi connectivity index (χ3v) is 7.05. The van der Waals surface area contributed by atoms with Crippen LogP contribution in [0.1, 0.15) is 37.8 Å². The first-order valence-electron chi connectivity index (χ1n) is 12.0. The number of ketones is 2. The number of aromatic hydroxyl groups is 1. The third-order valence-electron chi connectivity index (χ3n) is 7.05. The Kier molecular flexibility index (Phi) is 7.82. The van der Waals surface area contributed by atoms with Crippen molar-refractivity contribution < 1.29 is 23.8 Å². The molecule has 7 heteroatoms. The summed E-state index contributed by atoms with van der Waals surface area (Å²) in [7, 11) is 1.54. The number of hydrogen-bond donors (Lipinski definition) is 2. The van der Waals surface area contributed by atoms with E-state index in [2.05, 4.69) is 0 Å². The molecule has 0 radical (unpaired) electrons. The molecule has 3 aromatic rings. The van der Waals surface area contributed by atoms with Gasteiger partial charge >= 0.3 is 0 Å². The second-order valence-electron chi connectivity index (χ2n) is 9.25. The van der Waals surface area contributed by atoms with Crippen LogP contribution in [0, 0.1) is 24.6 Å². The van der Waals surface area contributed by atoms with Crippen molar-refractivity contribution in [3.63, 3.8) is 0 Å². The van der Waals surface area contributed by atoms with E-state index < -0.39 is 17.8 Å². The van der Waals surface area contributed by atoms with Crippen molar-refractivity contribution in [3.8, 4) is 11.5 Å². The summed E-state index contributed by atoms with van der Waals surface area (Å²) in [6.45, 7) is 3.32. The van der Waals surface area contributed by atoms with Crippen LogP contribution < -0.4 is 10.5 Å². The molecule has 1 aliphatic rings. The number of ether oxygens (including phenoxy) is 1. The van der Waals surface area contributed by atoms with Crippen LogP contribution in [0.5, 0.6) is 11.5 Å². The lowest BCUT2D eigenvalue weighted by Crippen LogP contribution is -2.51. The minimum atomic E-state index is -0.646. The quantitative estimate of drug-likeness (QED) is 0.460. The number of phenols is 1. The van der Waals surface area contributed by atoms with Crippen LogP contribution in [0.3, 0.4) is 0 Å². The van der Waals surface area contributed by atoms with E-state index in [4.69, 9.17) is 10.5 Å². The lowest BCUT2D eigenvalue weighted by molar-refractivity contribution is 0.0578. The maximum Gasteiger partial charge on any atom is 0.167 e. The van der Waals surface area contributed by atoms with Crippen molar-refractivity contribution in [2.45, 2.75) is 12.8 Å². The van der Waals surface area contributed by atoms with E-state index in [1.54, 1.807) is 55.5 Å². The first-order chi connectivity index (χ1) is 17.3. The summed E-state index contributed by atoms with van der Waals surface area (Å²) < 4.78 is 20.1. The van der Waals surface area contributed by atoms with Crippen LogP contribution in [0.2, 0.25) is 0 Å². The number of phenolic OH excluding ortho intramolecular Hbond substituents is 1. The molecular weight excluding hydrogens is 459 g/mol. The molecule has 1 fully saturated rings. The number of benzene rings is 3. The number of piperidine rings is 1. The van der Waals surface area contributed by atoms with E-state index >= 15 is 0 Å². The number of likely N-dealkylation sites (tertiary alicyclic amines) is 1. The van der Waals surface area contributed by atoms with Gasteiger partial charge in [0.2, 0.25) is 0 Å². The molecule has 188 valence electrons. The van der Waals surface area contributed by atoms with Crippen LogP contribution in [0.4, 0.5) is 4.39 Å². The van der Waals surface area contributed by atoms with Crippen LogP contribution in [0.25, 0.3) is 0 Å². The fourth-order valence-electron chi connectivity index (χ4n) is 5.28. The van der Waals surface area contributed by atoms with Crippen molar-refractivity contribution in [1.82, 2.24) is 4.90 Å². The third kappa shape index (κ3) is 5.17. The molecule has 1 aliphatic heterocycles. The van der Waals surface area contributed by atoms with Gasteiger partial charge < -0.3 is 20.5 Å². The number of nitrogens with zero attached hydrogens (tertiary/aromatic N) is 1. The Morgan fingerprint density at radius 1 is 1.00 bits per heavy atom. The van der Waals surface area contributed by atoms with Crippen molar-refractivity contribution in [1.29, 1.82) is 0 Å². The Bertz CT molecular complexity index is 1260. The van der Waals surface area contributed by atoms with Gasteiger partial charge in [-0.05, 0) is 48.4 Å². The monoisotopic (exact) mass is 490 g/mol. The van der Waals surface area contributed by atoms with Crippen LogP contribution >= 0.6 is 0 Å². The van der Waals surface area contributed by atoms with Crippen LogP contribution in [-0.4, -0.2) is 54.9 Å². The molecule has 3 aromatic carbocycles. The van der Waals surface area contributed by atoms with Crippen molar-refractivity contribution in [2.24, 2.45) is 17.6 Å². The highest BCUT2D eigenvalue weighted by atomic mass is 19.1. The van der Waals surface area contributed by atoms with Gasteiger partial charge in [-0.25, -0.2) is 4.39 Å². The largest absolute Gasteiger partial charge is 0.508 e. The molecule has 1 saturated heterocycles. The molecule has 0 amide bonds. The highest BCUT2D eigenvalue weighted by Crippen LogP contribution is 2.42. The highest BCUT2D eigenvalue weighted by molar-refractivity contribution is 6.02. The topological polar surface area (TPSA) is 92.9 Å². The molecular formula is C29H31FN2O4. The zero-order chi connectivity index (χ0) is 25.8. The Balaban J connectivity index is 1.86. The van der Waals surface area contributed by atoms with Gasteiger partial charge in [0.15, 0.2) is 11.6 Å². The van der Waals surface area contributed by atoms with Crippen molar-refractivity contribution in [3.05, 3.63) is 94.8 Å². The van der Waals surface area contributed by atoms with Gasteiger partial charge in [-0.2, -0.15) is 0 Å². The Morgan fingerprint density at radius 3 is 2.22 bits per heavy atom. The summed E-state index contributed by atoms with van der Waals surface area (Å²) in [5.74, 6) is -2.02. The van der Waals surface area contributed by atoms with Gasteiger partial charge in [0.05, 0.1) is 7.11 Å². The number of Topliss-reactive ketones (excluding diaryl/α,β-unsaturated/α-hetero) is 2. The molecule has 1 unspecified atom stereocenters. The smallest absolute Gasteiger partial charge is 0.167 e. The van der Waals surface area contributed by atoms with Gasteiger partial charge in [-0.3, -0.25) is 9.59 Å². The average Bonchev–Trinajstić information content (AvgIpc) is 2.89. The zero-order valence-electron chi connectivity index (χ0n) is 20.5. The highest BCUT2D eigenvalue weighted by Gasteiger charge is 2.45. The summed E-state index contributed by atoms with van der Waals surface area (Å²) in [4.78, 5) is 29.9. The minimum absolute atomic E-state index is 0.0158. The molecule has 0 aliphatic carbocycles. The lowest BCUT2D eigenvalue weighted by atomic mass is 9.68. The Hall–Kier alpha value is -3.55. The molecule has 0 aromatic heterocycles. The predicted octanol–water partition coefficient (Wildman–Crippen LogP) is 4.20. The lowest BCUT2D eigenvalue weighted by Gasteiger charge is -2.43. The van der Waals surface area contributed by atoms with Gasteiger partial charge in [-0.15, -0.1) is 0 Å². The van der Waals surface area contributed by atoms with E-state index in [-0.39, 0.29) is 23.1 Å². The number of carbonyl (C=O) groups is 2. The maximum atomic E-state index is 14.7. The fraction of sp³-hybridized carbons (Fsp3) is 0.310. The van der Waals surface area contributed by atoms with Crippen molar-refractivity contribution in [2.75, 3.05) is 33.3 Å². The van der Waals surface area contributed by atoms with Crippen molar-refractivity contribution >= 4 is 11.6 Å². The molecule has 6 nitrogen and oxygen atoms in total. The summed E-state index contributed by atoms with van der Waals surface area (Å²) in [5.41, 5.74) is 7.74. The van der Waals surface area contributed by atoms with E-state index in [1.807, 2.05) is 4.90 Å². The number of nitrogens with two attached hydrogens (primary N) is 1. The predicted molar refractivity (Wildman–Crippen MR) is 136 cm³/mol. The van der Waals surface area contributed by atoms with E-state index in [0.717, 1.165) is 0 Å². The minimum Gasteiger partial charge on any atom is -0.508 e. The first-order valence-corrected chi connectivity index (χ1v) is 12.0. The van der Waals surface area contributed by atoms with Gasteiger partial charge in [-0.1, -0.05) is 36.4 Å². The second-order valence-corrected chi connectivity index (χ2v) is 9.25. The summed E-state index contributed by atoms with van der Waals surface area (Å²) in [5, 5.41) is 10.0. The zero-order valence-corrected chi connectivity index (χ0v) is 20.5. The number of rotatable bonds is 8. The van der Waals surface area contributed by atoms with Gasteiger partial charge in [0, 0.05) is 55.1 Å². The first kappa shape index (κ1) is 25.5. The Labute approximate surface area is 210 Å². The summed E-state index contributed by atoms with van der Waals surface area (Å²) >= 11 is 0. The number of methoxy groups -OCH3 is 1. The van der Waals surface area contributed by atoms with E-state index in [9.17, 15) is 19.1 Å². The normalized spacial score (nSPS) is 20.2. The summed E-state index contributed by atoms with van der Waals surface area (Å²) in [6.07, 6.45) is 0.